The second-order valence-electron chi connectivity index (χ2n) is 4.05. The molecule has 1 atom stereocenters. The van der Waals surface area contributed by atoms with Crippen molar-refractivity contribution in [2.45, 2.75) is 19.5 Å². The van der Waals surface area contributed by atoms with Crippen LogP contribution >= 0.6 is 0 Å². The zero-order valence-electron chi connectivity index (χ0n) is 11.0. The summed E-state index contributed by atoms with van der Waals surface area (Å²) in [6.07, 6.45) is 0. The minimum absolute atomic E-state index is 0.427. The van der Waals surface area contributed by atoms with E-state index in [9.17, 15) is 0 Å². The Morgan fingerprint density at radius 3 is 2.53 bits per heavy atom. The lowest BCUT2D eigenvalue weighted by atomic mass is 10.1. The molecule has 0 aromatic heterocycles. The van der Waals surface area contributed by atoms with Crippen LogP contribution in [0.2, 0.25) is 0 Å². The van der Waals surface area contributed by atoms with Crippen LogP contribution in [-0.4, -0.2) is 34.0 Å². The van der Waals surface area contributed by atoms with Gasteiger partial charge in [0, 0.05) is 7.11 Å². The van der Waals surface area contributed by atoms with Crippen molar-refractivity contribution in [3.05, 3.63) is 23.8 Å². The number of rotatable bonds is 7. The van der Waals surface area contributed by atoms with Crippen LogP contribution in [0.4, 0.5) is 0 Å². The second kappa shape index (κ2) is 7.14. The largest absolute Gasteiger partial charge is 0.497 e. The van der Waals surface area contributed by atoms with Gasteiger partial charge < -0.3 is 19.5 Å². The molecule has 4 heteroatoms. The fourth-order valence-electron chi connectivity index (χ4n) is 1.70. The van der Waals surface area contributed by atoms with Gasteiger partial charge in [-0.15, -0.1) is 0 Å². The van der Waals surface area contributed by atoms with Gasteiger partial charge in [-0.1, -0.05) is 0 Å². The number of hydrogen-bond acceptors (Lipinski definition) is 3. The molecule has 0 aliphatic heterocycles. The average Bonchev–Trinajstić information content (AvgIpc) is 2.36. The van der Waals surface area contributed by atoms with Gasteiger partial charge in [-0.2, -0.15) is 0 Å². The van der Waals surface area contributed by atoms with Crippen molar-refractivity contribution >= 4 is 0 Å². The summed E-state index contributed by atoms with van der Waals surface area (Å²) in [5, 5.41) is 2.22. The molecule has 1 aromatic carbocycles. The van der Waals surface area contributed by atoms with Gasteiger partial charge in [0.1, 0.15) is 24.1 Å². The van der Waals surface area contributed by atoms with E-state index in [1.54, 1.807) is 21.3 Å². The number of hydrogen-bond donors (Lipinski definition) is 1. The van der Waals surface area contributed by atoms with E-state index in [0.717, 1.165) is 30.2 Å². The van der Waals surface area contributed by atoms with Crippen LogP contribution in [0.1, 0.15) is 12.5 Å². The zero-order valence-corrected chi connectivity index (χ0v) is 11.0. The summed E-state index contributed by atoms with van der Waals surface area (Å²) >= 11 is 0. The van der Waals surface area contributed by atoms with Crippen molar-refractivity contribution in [3.8, 4) is 11.5 Å². The van der Waals surface area contributed by atoms with Crippen molar-refractivity contribution in [2.24, 2.45) is 0 Å². The van der Waals surface area contributed by atoms with Crippen molar-refractivity contribution in [1.29, 1.82) is 0 Å². The Hall–Kier alpha value is -1.26. The first kappa shape index (κ1) is 13.8. The first-order valence-electron chi connectivity index (χ1n) is 5.74. The minimum atomic E-state index is 0.427. The lowest BCUT2D eigenvalue weighted by Crippen LogP contribution is -2.88. The Balaban J connectivity index is 2.67. The molecular formula is C13H22NO3+. The van der Waals surface area contributed by atoms with Crippen LogP contribution in [-0.2, 0) is 11.3 Å². The molecule has 0 radical (unpaired) electrons. The topological polar surface area (TPSA) is 44.3 Å². The van der Waals surface area contributed by atoms with E-state index < -0.39 is 0 Å². The molecule has 96 valence electrons. The van der Waals surface area contributed by atoms with E-state index in [4.69, 9.17) is 14.2 Å². The van der Waals surface area contributed by atoms with Crippen LogP contribution in [0.25, 0.3) is 0 Å². The molecule has 0 aliphatic carbocycles. The van der Waals surface area contributed by atoms with E-state index >= 15 is 0 Å². The van der Waals surface area contributed by atoms with Gasteiger partial charge in [-0.25, -0.2) is 0 Å². The number of nitrogens with two attached hydrogens (primary N) is 1. The van der Waals surface area contributed by atoms with Crippen molar-refractivity contribution < 1.29 is 19.5 Å². The highest BCUT2D eigenvalue weighted by molar-refractivity contribution is 5.39. The predicted octanol–water partition coefficient (Wildman–Crippen LogP) is 0.802. The van der Waals surface area contributed by atoms with Crippen LogP contribution in [0.15, 0.2) is 18.2 Å². The molecule has 1 aromatic rings. The fourth-order valence-corrected chi connectivity index (χ4v) is 1.70. The standard InChI is InChI=1S/C13H21NO3/c1-10(9-15-2)14-8-11-7-12(16-3)5-6-13(11)17-4/h5-7,10,14H,8-9H2,1-4H3/p+1/t10-/m0/s1. The molecule has 4 nitrogen and oxygen atoms in total. The molecule has 0 heterocycles. The van der Waals surface area contributed by atoms with Gasteiger partial charge in [-0.05, 0) is 25.1 Å². The monoisotopic (exact) mass is 240 g/mol. The predicted molar refractivity (Wildman–Crippen MR) is 66.5 cm³/mol. The highest BCUT2D eigenvalue weighted by atomic mass is 16.5. The van der Waals surface area contributed by atoms with Crippen LogP contribution in [0, 0.1) is 0 Å². The molecule has 17 heavy (non-hydrogen) atoms. The highest BCUT2D eigenvalue weighted by Crippen LogP contribution is 2.22. The summed E-state index contributed by atoms with van der Waals surface area (Å²) in [6, 6.07) is 6.27. The van der Waals surface area contributed by atoms with Crippen LogP contribution in [0.5, 0.6) is 11.5 Å². The maximum Gasteiger partial charge on any atom is 0.127 e. The molecule has 0 aliphatic rings. The first-order valence-corrected chi connectivity index (χ1v) is 5.74. The van der Waals surface area contributed by atoms with Crippen molar-refractivity contribution in [1.82, 2.24) is 0 Å². The van der Waals surface area contributed by atoms with Gasteiger partial charge in [0.25, 0.3) is 0 Å². The number of methoxy groups -OCH3 is 3. The van der Waals surface area contributed by atoms with Gasteiger partial charge in [0.2, 0.25) is 0 Å². The van der Waals surface area contributed by atoms with Gasteiger partial charge in [-0.3, -0.25) is 0 Å². The normalized spacial score (nSPS) is 12.2. The minimum Gasteiger partial charge on any atom is -0.497 e. The van der Waals surface area contributed by atoms with E-state index in [1.807, 2.05) is 18.2 Å². The highest BCUT2D eigenvalue weighted by Gasteiger charge is 2.09. The summed E-state index contributed by atoms with van der Waals surface area (Å²) in [5.74, 6) is 1.75. The Labute approximate surface area is 103 Å². The third-order valence-corrected chi connectivity index (χ3v) is 2.66. The zero-order chi connectivity index (χ0) is 12.7. The second-order valence-corrected chi connectivity index (χ2v) is 4.05. The quantitative estimate of drug-likeness (QED) is 0.767. The summed E-state index contributed by atoms with van der Waals surface area (Å²) < 4.78 is 15.7. The summed E-state index contributed by atoms with van der Waals surface area (Å²) in [5.41, 5.74) is 1.13. The molecule has 0 bridgehead atoms. The maximum atomic E-state index is 5.33. The maximum absolute atomic E-state index is 5.33. The molecule has 0 spiro atoms. The molecule has 2 N–H and O–H groups in total. The van der Waals surface area contributed by atoms with E-state index in [1.165, 1.54) is 0 Å². The molecular weight excluding hydrogens is 218 g/mol. The molecule has 0 saturated carbocycles. The third kappa shape index (κ3) is 4.24. The van der Waals surface area contributed by atoms with E-state index in [2.05, 4.69) is 12.2 Å². The molecule has 0 saturated heterocycles. The molecule has 1 rings (SSSR count). The van der Waals surface area contributed by atoms with E-state index in [0.29, 0.717) is 6.04 Å². The number of ether oxygens (including phenoxy) is 3. The Bertz CT molecular complexity index is 341. The van der Waals surface area contributed by atoms with Gasteiger partial charge in [0.15, 0.2) is 0 Å². The Morgan fingerprint density at radius 2 is 1.94 bits per heavy atom. The lowest BCUT2D eigenvalue weighted by Gasteiger charge is -2.12. The summed E-state index contributed by atoms with van der Waals surface area (Å²) in [7, 11) is 5.07. The van der Waals surface area contributed by atoms with Gasteiger partial charge >= 0.3 is 0 Å². The first-order chi connectivity index (χ1) is 8.21. The van der Waals surface area contributed by atoms with Crippen LogP contribution < -0.4 is 14.8 Å². The average molecular weight is 240 g/mol. The van der Waals surface area contributed by atoms with E-state index in [-0.39, 0.29) is 0 Å². The molecule has 0 fully saturated rings. The fraction of sp³-hybridized carbons (Fsp3) is 0.538. The lowest BCUT2D eigenvalue weighted by molar-refractivity contribution is -0.702. The smallest absolute Gasteiger partial charge is 0.127 e. The molecule has 0 unspecified atom stereocenters. The van der Waals surface area contributed by atoms with Gasteiger partial charge in [0.05, 0.1) is 26.4 Å². The Kier molecular flexibility index (Phi) is 5.80. The summed E-state index contributed by atoms with van der Waals surface area (Å²) in [4.78, 5) is 0. The number of quaternary nitrogens is 1. The molecule has 0 amide bonds. The number of benzene rings is 1. The third-order valence-electron chi connectivity index (χ3n) is 2.66. The van der Waals surface area contributed by atoms with Crippen molar-refractivity contribution in [2.75, 3.05) is 27.9 Å². The van der Waals surface area contributed by atoms with Crippen LogP contribution in [0.3, 0.4) is 0 Å². The Morgan fingerprint density at radius 1 is 1.18 bits per heavy atom. The summed E-state index contributed by atoms with van der Waals surface area (Å²) in [6.45, 7) is 3.73. The SMILES string of the molecule is COC[C@H](C)[NH2+]Cc1cc(OC)ccc1OC. The van der Waals surface area contributed by atoms with Crippen molar-refractivity contribution in [3.63, 3.8) is 0 Å².